The molecule has 1 fully saturated rings. The number of ether oxygens (including phenoxy) is 1. The fraction of sp³-hybridized carbons (Fsp3) is 0.529. The molecular formula is C17H22N4O2. The molecule has 1 aromatic carbocycles. The standard InChI is InChI=1S/C17H22N4O2/c22-17(6-3-7-23-13-17)12-21-11-16(18-19-21)10-20-8-14-4-1-2-5-15(14)9-20/h1-2,4-5,11,22H,3,6-10,12-13H2. The van der Waals surface area contributed by atoms with Crippen molar-refractivity contribution in [1.29, 1.82) is 0 Å². The van der Waals surface area contributed by atoms with Crippen molar-refractivity contribution in [1.82, 2.24) is 19.9 Å². The van der Waals surface area contributed by atoms with E-state index in [0.29, 0.717) is 13.2 Å². The van der Waals surface area contributed by atoms with E-state index >= 15 is 0 Å². The molecule has 4 rings (SSSR count). The summed E-state index contributed by atoms with van der Waals surface area (Å²) in [7, 11) is 0. The van der Waals surface area contributed by atoms with Gasteiger partial charge in [-0.3, -0.25) is 4.90 Å². The largest absolute Gasteiger partial charge is 0.386 e. The Morgan fingerprint density at radius 2 is 2.00 bits per heavy atom. The highest BCUT2D eigenvalue weighted by atomic mass is 16.5. The van der Waals surface area contributed by atoms with Gasteiger partial charge in [-0.15, -0.1) is 5.10 Å². The normalized spacial score (nSPS) is 24.7. The summed E-state index contributed by atoms with van der Waals surface area (Å²) in [4.78, 5) is 2.36. The lowest BCUT2D eigenvalue weighted by Gasteiger charge is -2.31. The minimum Gasteiger partial charge on any atom is -0.386 e. The lowest BCUT2D eigenvalue weighted by molar-refractivity contribution is -0.0960. The second-order valence-electron chi connectivity index (χ2n) is 6.70. The number of hydrogen-bond acceptors (Lipinski definition) is 5. The van der Waals surface area contributed by atoms with Crippen LogP contribution in [0.25, 0.3) is 0 Å². The number of fused-ring (bicyclic) bond motifs is 1. The average molecular weight is 314 g/mol. The van der Waals surface area contributed by atoms with Crippen LogP contribution in [0, 0.1) is 0 Å². The molecule has 23 heavy (non-hydrogen) atoms. The summed E-state index contributed by atoms with van der Waals surface area (Å²) < 4.78 is 7.13. The van der Waals surface area contributed by atoms with Crippen LogP contribution in [-0.4, -0.2) is 43.8 Å². The number of benzene rings is 1. The van der Waals surface area contributed by atoms with Gasteiger partial charge in [-0.25, -0.2) is 4.68 Å². The third kappa shape index (κ3) is 3.29. The van der Waals surface area contributed by atoms with Crippen LogP contribution >= 0.6 is 0 Å². The quantitative estimate of drug-likeness (QED) is 0.922. The van der Waals surface area contributed by atoms with E-state index < -0.39 is 5.60 Å². The van der Waals surface area contributed by atoms with Crippen LogP contribution in [0.1, 0.15) is 29.7 Å². The first-order valence-electron chi connectivity index (χ1n) is 8.19. The van der Waals surface area contributed by atoms with E-state index in [1.54, 1.807) is 4.68 Å². The monoisotopic (exact) mass is 314 g/mol. The second kappa shape index (κ2) is 6.03. The highest BCUT2D eigenvalue weighted by Gasteiger charge is 2.31. The molecule has 0 amide bonds. The SMILES string of the molecule is OC1(Cn2cc(CN3Cc4ccccc4C3)nn2)CCCOC1. The van der Waals surface area contributed by atoms with Crippen LogP contribution in [0.2, 0.25) is 0 Å². The Morgan fingerprint density at radius 3 is 2.70 bits per heavy atom. The van der Waals surface area contributed by atoms with Gasteiger partial charge in [0.2, 0.25) is 0 Å². The number of hydrogen-bond donors (Lipinski definition) is 1. The fourth-order valence-electron chi connectivity index (χ4n) is 3.50. The van der Waals surface area contributed by atoms with Gasteiger partial charge >= 0.3 is 0 Å². The summed E-state index contributed by atoms with van der Waals surface area (Å²) >= 11 is 0. The van der Waals surface area contributed by atoms with Crippen LogP contribution < -0.4 is 0 Å². The van der Waals surface area contributed by atoms with Crippen LogP contribution in [0.4, 0.5) is 0 Å². The smallest absolute Gasteiger partial charge is 0.108 e. The maximum atomic E-state index is 10.5. The second-order valence-corrected chi connectivity index (χ2v) is 6.70. The van der Waals surface area contributed by atoms with E-state index in [0.717, 1.165) is 44.8 Å². The van der Waals surface area contributed by atoms with Crippen molar-refractivity contribution in [3.8, 4) is 0 Å². The molecule has 0 radical (unpaired) electrons. The molecular weight excluding hydrogens is 292 g/mol. The zero-order valence-corrected chi connectivity index (χ0v) is 13.2. The number of nitrogens with zero attached hydrogens (tertiary/aromatic N) is 4. The Balaban J connectivity index is 1.37. The van der Waals surface area contributed by atoms with Gasteiger partial charge in [0.15, 0.2) is 0 Å². The van der Waals surface area contributed by atoms with Gasteiger partial charge in [-0.05, 0) is 24.0 Å². The molecule has 1 atom stereocenters. The molecule has 2 aliphatic rings. The molecule has 3 heterocycles. The van der Waals surface area contributed by atoms with Gasteiger partial charge in [0.1, 0.15) is 5.60 Å². The van der Waals surface area contributed by atoms with Gasteiger partial charge in [-0.2, -0.15) is 0 Å². The summed E-state index contributed by atoms with van der Waals surface area (Å²) in [5, 5.41) is 18.9. The Hall–Kier alpha value is -1.76. The van der Waals surface area contributed by atoms with Crippen LogP contribution in [0.3, 0.4) is 0 Å². The summed E-state index contributed by atoms with van der Waals surface area (Å²) in [5.74, 6) is 0. The van der Waals surface area contributed by atoms with Crippen molar-refractivity contribution in [3.05, 3.63) is 47.3 Å². The Morgan fingerprint density at radius 1 is 1.22 bits per heavy atom. The molecule has 0 aliphatic carbocycles. The van der Waals surface area contributed by atoms with Gasteiger partial charge in [-0.1, -0.05) is 29.5 Å². The molecule has 0 bridgehead atoms. The summed E-state index contributed by atoms with van der Waals surface area (Å²) in [6.07, 6.45) is 3.59. The summed E-state index contributed by atoms with van der Waals surface area (Å²) in [6.45, 7) is 4.26. The highest BCUT2D eigenvalue weighted by Crippen LogP contribution is 2.24. The van der Waals surface area contributed by atoms with Crippen LogP contribution in [-0.2, 0) is 30.9 Å². The third-order valence-electron chi connectivity index (χ3n) is 4.64. The molecule has 1 unspecified atom stereocenters. The van der Waals surface area contributed by atoms with Gasteiger partial charge in [0.25, 0.3) is 0 Å². The summed E-state index contributed by atoms with van der Waals surface area (Å²) in [5.41, 5.74) is 2.92. The van der Waals surface area contributed by atoms with Crippen molar-refractivity contribution in [2.24, 2.45) is 0 Å². The van der Waals surface area contributed by atoms with E-state index in [4.69, 9.17) is 4.74 Å². The molecule has 6 nitrogen and oxygen atoms in total. The Labute approximate surface area is 135 Å². The molecule has 122 valence electrons. The van der Waals surface area contributed by atoms with E-state index in [9.17, 15) is 5.11 Å². The molecule has 0 saturated carbocycles. The fourth-order valence-corrected chi connectivity index (χ4v) is 3.50. The molecule has 1 saturated heterocycles. The van der Waals surface area contributed by atoms with Gasteiger partial charge in [0.05, 0.1) is 18.8 Å². The topological polar surface area (TPSA) is 63.4 Å². The lowest BCUT2D eigenvalue weighted by Crippen LogP contribution is -2.42. The lowest BCUT2D eigenvalue weighted by atomic mass is 9.97. The van der Waals surface area contributed by atoms with E-state index in [1.807, 2.05) is 6.20 Å². The minimum absolute atomic E-state index is 0.379. The van der Waals surface area contributed by atoms with Gasteiger partial charge < -0.3 is 9.84 Å². The van der Waals surface area contributed by atoms with Crippen molar-refractivity contribution in [2.75, 3.05) is 13.2 Å². The first-order valence-corrected chi connectivity index (χ1v) is 8.19. The van der Waals surface area contributed by atoms with Crippen molar-refractivity contribution in [3.63, 3.8) is 0 Å². The van der Waals surface area contributed by atoms with Crippen molar-refractivity contribution in [2.45, 2.75) is 44.6 Å². The molecule has 2 aromatic rings. The van der Waals surface area contributed by atoms with E-state index in [-0.39, 0.29) is 0 Å². The predicted molar refractivity (Wildman–Crippen MR) is 84.4 cm³/mol. The number of aromatic nitrogens is 3. The van der Waals surface area contributed by atoms with Crippen molar-refractivity contribution < 1.29 is 9.84 Å². The maximum Gasteiger partial charge on any atom is 0.108 e. The zero-order valence-electron chi connectivity index (χ0n) is 13.2. The Kier molecular flexibility index (Phi) is 3.88. The molecule has 1 aromatic heterocycles. The van der Waals surface area contributed by atoms with Gasteiger partial charge in [0, 0.05) is 32.4 Å². The molecule has 0 spiro atoms. The maximum absolute atomic E-state index is 10.5. The average Bonchev–Trinajstić information content (AvgIpc) is 3.14. The van der Waals surface area contributed by atoms with Crippen LogP contribution in [0.15, 0.2) is 30.5 Å². The Bertz CT molecular complexity index is 654. The first kappa shape index (κ1) is 14.8. The van der Waals surface area contributed by atoms with Crippen LogP contribution in [0.5, 0.6) is 0 Å². The molecule has 2 aliphatic heterocycles. The molecule has 6 heteroatoms. The van der Waals surface area contributed by atoms with Crippen molar-refractivity contribution >= 4 is 0 Å². The number of aliphatic hydroxyl groups is 1. The third-order valence-corrected chi connectivity index (χ3v) is 4.64. The highest BCUT2D eigenvalue weighted by molar-refractivity contribution is 5.30. The number of rotatable bonds is 4. The molecule has 1 N–H and O–H groups in total. The minimum atomic E-state index is -0.812. The summed E-state index contributed by atoms with van der Waals surface area (Å²) in [6, 6.07) is 8.55. The van der Waals surface area contributed by atoms with E-state index in [1.165, 1.54) is 11.1 Å². The first-order chi connectivity index (χ1) is 11.2. The predicted octanol–water partition coefficient (Wildman–Crippen LogP) is 1.34. The van der Waals surface area contributed by atoms with E-state index in [2.05, 4.69) is 39.5 Å². The zero-order chi connectivity index (χ0) is 15.7.